The summed E-state index contributed by atoms with van der Waals surface area (Å²) in [6.07, 6.45) is 2.79. The Balaban J connectivity index is 1.80. The number of benzene rings is 1. The Morgan fingerprint density at radius 3 is 2.62 bits per heavy atom. The summed E-state index contributed by atoms with van der Waals surface area (Å²) in [6, 6.07) is 8.18. The van der Waals surface area contributed by atoms with E-state index in [1.807, 2.05) is 19.9 Å². The van der Waals surface area contributed by atoms with Crippen molar-refractivity contribution in [3.63, 3.8) is 0 Å². The molecule has 2 atom stereocenters. The lowest BCUT2D eigenvalue weighted by atomic mass is 9.86. The Morgan fingerprint density at radius 2 is 1.90 bits per heavy atom. The summed E-state index contributed by atoms with van der Waals surface area (Å²) >= 11 is 0. The number of nitrogens with one attached hydrogen (secondary N) is 1. The van der Waals surface area contributed by atoms with Gasteiger partial charge >= 0.3 is 0 Å². The van der Waals surface area contributed by atoms with Crippen LogP contribution in [0.25, 0.3) is 0 Å². The summed E-state index contributed by atoms with van der Waals surface area (Å²) < 4.78 is 0. The number of hydrogen-bond donors (Lipinski definition) is 1. The van der Waals surface area contributed by atoms with Crippen LogP contribution in [-0.4, -0.2) is 35.3 Å². The number of piperazine rings is 1. The summed E-state index contributed by atoms with van der Waals surface area (Å²) in [5, 5.41) is 2.82. The number of amides is 2. The van der Waals surface area contributed by atoms with Gasteiger partial charge in [0, 0.05) is 6.04 Å². The molecule has 0 radical (unpaired) electrons. The minimum Gasteiger partial charge on any atom is -0.343 e. The highest BCUT2D eigenvalue weighted by Gasteiger charge is 2.38. The van der Waals surface area contributed by atoms with Crippen molar-refractivity contribution < 1.29 is 9.59 Å². The maximum Gasteiger partial charge on any atom is 0.246 e. The van der Waals surface area contributed by atoms with E-state index in [4.69, 9.17) is 0 Å². The summed E-state index contributed by atoms with van der Waals surface area (Å²) in [5.41, 5.74) is 2.69. The van der Waals surface area contributed by atoms with E-state index in [1.54, 1.807) is 4.90 Å². The maximum atomic E-state index is 12.6. The molecule has 1 aromatic carbocycles. The highest BCUT2D eigenvalue weighted by atomic mass is 16.2. The van der Waals surface area contributed by atoms with Crippen LogP contribution in [0.4, 0.5) is 0 Å². The second-order valence-electron chi connectivity index (χ2n) is 6.42. The fraction of sp³-hybridized carbons (Fsp3) is 0.529. The van der Waals surface area contributed by atoms with Gasteiger partial charge in [-0.05, 0) is 36.3 Å². The maximum absolute atomic E-state index is 12.6. The van der Waals surface area contributed by atoms with Crippen LogP contribution < -0.4 is 5.32 Å². The molecule has 2 aliphatic rings. The van der Waals surface area contributed by atoms with Crippen LogP contribution in [0.5, 0.6) is 0 Å². The first-order chi connectivity index (χ1) is 10.1. The third-order valence-corrected chi connectivity index (χ3v) is 4.61. The van der Waals surface area contributed by atoms with Gasteiger partial charge in [-0.3, -0.25) is 9.59 Å². The highest BCUT2D eigenvalue weighted by molar-refractivity contribution is 5.95. The molecule has 0 saturated carbocycles. The third kappa shape index (κ3) is 2.67. The molecule has 112 valence electrons. The number of hydrogen-bond acceptors (Lipinski definition) is 2. The van der Waals surface area contributed by atoms with E-state index >= 15 is 0 Å². The van der Waals surface area contributed by atoms with E-state index < -0.39 is 0 Å². The summed E-state index contributed by atoms with van der Waals surface area (Å²) in [6.45, 7) is 4.15. The number of fused-ring (bicyclic) bond motifs is 1. The zero-order chi connectivity index (χ0) is 15.0. The van der Waals surface area contributed by atoms with E-state index in [-0.39, 0.29) is 36.4 Å². The predicted octanol–water partition coefficient (Wildman–Crippen LogP) is 1.53. The zero-order valence-corrected chi connectivity index (χ0v) is 12.6. The number of nitrogens with zero attached hydrogens (tertiary/aromatic N) is 1. The molecule has 0 bridgehead atoms. The number of carbonyl (C=O) groups is 2. The molecule has 1 heterocycles. The van der Waals surface area contributed by atoms with Gasteiger partial charge in [0.05, 0.1) is 6.54 Å². The second-order valence-corrected chi connectivity index (χ2v) is 6.42. The smallest absolute Gasteiger partial charge is 0.246 e. The quantitative estimate of drug-likeness (QED) is 0.896. The van der Waals surface area contributed by atoms with Gasteiger partial charge in [0.25, 0.3) is 0 Å². The highest BCUT2D eigenvalue weighted by Crippen LogP contribution is 2.26. The van der Waals surface area contributed by atoms with Crippen LogP contribution in [0, 0.1) is 5.92 Å². The van der Waals surface area contributed by atoms with Crippen LogP contribution in [0.2, 0.25) is 0 Å². The molecule has 2 amide bonds. The number of carbonyl (C=O) groups excluding carboxylic acids is 2. The van der Waals surface area contributed by atoms with Gasteiger partial charge in [0.1, 0.15) is 6.04 Å². The van der Waals surface area contributed by atoms with Gasteiger partial charge in [0.15, 0.2) is 0 Å². The standard InChI is InChI=1S/C17H22N2O2/c1-11(2)16-17(21)19(10-15(20)18-16)14-8-7-12-5-3-4-6-13(12)9-14/h3-6,11,14,16H,7-10H2,1-2H3,(H,18,20). The third-order valence-electron chi connectivity index (χ3n) is 4.61. The van der Waals surface area contributed by atoms with Gasteiger partial charge in [-0.1, -0.05) is 38.1 Å². The van der Waals surface area contributed by atoms with Crippen LogP contribution in [0.1, 0.15) is 31.4 Å². The number of rotatable bonds is 2. The van der Waals surface area contributed by atoms with Crippen molar-refractivity contribution in [3.05, 3.63) is 35.4 Å². The molecule has 1 aliphatic carbocycles. The van der Waals surface area contributed by atoms with Gasteiger partial charge < -0.3 is 10.2 Å². The topological polar surface area (TPSA) is 49.4 Å². The Bertz CT molecular complexity index is 568. The molecule has 3 rings (SSSR count). The van der Waals surface area contributed by atoms with Crippen molar-refractivity contribution in [1.82, 2.24) is 10.2 Å². The summed E-state index contributed by atoms with van der Waals surface area (Å²) in [7, 11) is 0. The average Bonchev–Trinajstić information content (AvgIpc) is 2.48. The molecule has 2 unspecified atom stereocenters. The molecule has 0 spiro atoms. The molecule has 1 N–H and O–H groups in total. The molecule has 1 aromatic rings. The van der Waals surface area contributed by atoms with Crippen molar-refractivity contribution in [2.75, 3.05) is 6.54 Å². The van der Waals surface area contributed by atoms with Gasteiger partial charge in [-0.15, -0.1) is 0 Å². The van der Waals surface area contributed by atoms with Crippen molar-refractivity contribution in [2.24, 2.45) is 5.92 Å². The van der Waals surface area contributed by atoms with Crippen molar-refractivity contribution >= 4 is 11.8 Å². The largest absolute Gasteiger partial charge is 0.343 e. The minimum absolute atomic E-state index is 0.0350. The molecular weight excluding hydrogens is 264 g/mol. The van der Waals surface area contributed by atoms with Crippen molar-refractivity contribution in [3.8, 4) is 0 Å². The summed E-state index contributed by atoms with van der Waals surface area (Å²) in [5.74, 6) is 0.168. The predicted molar refractivity (Wildman–Crippen MR) is 80.7 cm³/mol. The monoisotopic (exact) mass is 286 g/mol. The SMILES string of the molecule is CC(C)C1NC(=O)CN(C2CCc3ccccc3C2)C1=O. The fourth-order valence-corrected chi connectivity index (χ4v) is 3.40. The minimum atomic E-state index is -0.372. The molecular formula is C17H22N2O2. The first-order valence-electron chi connectivity index (χ1n) is 7.73. The van der Waals surface area contributed by atoms with Crippen LogP contribution in [-0.2, 0) is 22.4 Å². The summed E-state index contributed by atoms with van der Waals surface area (Å²) in [4.78, 5) is 26.4. The van der Waals surface area contributed by atoms with Crippen LogP contribution in [0.3, 0.4) is 0 Å². The Morgan fingerprint density at radius 1 is 1.19 bits per heavy atom. The molecule has 1 fully saturated rings. The first kappa shape index (κ1) is 14.1. The Kier molecular flexibility index (Phi) is 3.70. The first-order valence-corrected chi connectivity index (χ1v) is 7.73. The average molecular weight is 286 g/mol. The van der Waals surface area contributed by atoms with Crippen LogP contribution in [0.15, 0.2) is 24.3 Å². The zero-order valence-electron chi connectivity index (χ0n) is 12.6. The lowest BCUT2D eigenvalue weighted by molar-refractivity contribution is -0.148. The van der Waals surface area contributed by atoms with Gasteiger partial charge in [-0.2, -0.15) is 0 Å². The van der Waals surface area contributed by atoms with Crippen LogP contribution >= 0.6 is 0 Å². The van der Waals surface area contributed by atoms with E-state index in [2.05, 4.69) is 23.5 Å². The van der Waals surface area contributed by atoms with E-state index in [1.165, 1.54) is 11.1 Å². The lowest BCUT2D eigenvalue weighted by Gasteiger charge is -2.41. The fourth-order valence-electron chi connectivity index (χ4n) is 3.40. The molecule has 1 saturated heterocycles. The van der Waals surface area contributed by atoms with Crippen molar-refractivity contribution in [1.29, 1.82) is 0 Å². The van der Waals surface area contributed by atoms with Gasteiger partial charge in [-0.25, -0.2) is 0 Å². The van der Waals surface area contributed by atoms with Gasteiger partial charge in [0.2, 0.25) is 11.8 Å². The molecule has 1 aliphatic heterocycles. The Labute approximate surface area is 125 Å². The van der Waals surface area contributed by atoms with E-state index in [0.717, 1.165) is 19.3 Å². The van der Waals surface area contributed by atoms with E-state index in [0.29, 0.717) is 0 Å². The molecule has 21 heavy (non-hydrogen) atoms. The number of aryl methyl sites for hydroxylation is 1. The second kappa shape index (κ2) is 5.51. The molecule has 0 aromatic heterocycles. The Hall–Kier alpha value is -1.84. The molecule has 4 heteroatoms. The van der Waals surface area contributed by atoms with Crippen molar-refractivity contribution in [2.45, 2.75) is 45.2 Å². The van der Waals surface area contributed by atoms with E-state index in [9.17, 15) is 9.59 Å². The molecule has 4 nitrogen and oxygen atoms in total. The lowest BCUT2D eigenvalue weighted by Crippen LogP contribution is -2.62. The normalized spacial score (nSPS) is 25.8.